The number of carbonyl (C=O) groups excluding carboxylic acids is 1. The van der Waals surface area contributed by atoms with Gasteiger partial charge >= 0.3 is 6.09 Å². The number of amides is 1. The summed E-state index contributed by atoms with van der Waals surface area (Å²) in [6, 6.07) is 15.1. The summed E-state index contributed by atoms with van der Waals surface area (Å²) < 4.78 is 6.86. The van der Waals surface area contributed by atoms with E-state index in [0.717, 1.165) is 29.5 Å². The average Bonchev–Trinajstić information content (AvgIpc) is 3.51. The Balaban J connectivity index is 1.48. The third-order valence-electron chi connectivity index (χ3n) is 6.84. The van der Waals surface area contributed by atoms with Gasteiger partial charge in [0, 0.05) is 35.0 Å². The van der Waals surface area contributed by atoms with Crippen LogP contribution in [0.5, 0.6) is 0 Å². The molecule has 5 rings (SSSR count). The Kier molecular flexibility index (Phi) is 5.96. The van der Waals surface area contributed by atoms with Crippen molar-refractivity contribution in [3.63, 3.8) is 0 Å². The predicted molar refractivity (Wildman–Crippen MR) is 141 cm³/mol. The van der Waals surface area contributed by atoms with Gasteiger partial charge in [0.15, 0.2) is 0 Å². The summed E-state index contributed by atoms with van der Waals surface area (Å²) in [6.07, 6.45) is 8.10. The molecular weight excluding hydrogens is 490 g/mol. The van der Waals surface area contributed by atoms with Crippen LogP contribution < -0.4 is 10.2 Å². The number of fused-ring (bicyclic) bond motifs is 1. The molecule has 0 aromatic heterocycles. The lowest BCUT2D eigenvalue weighted by molar-refractivity contribution is 0.0203. The summed E-state index contributed by atoms with van der Waals surface area (Å²) in [5, 5.41) is 3.52. The summed E-state index contributed by atoms with van der Waals surface area (Å²) in [4.78, 5) is 17.2. The number of likely N-dealkylation sites (tertiary alicyclic amines) is 1. The quantitative estimate of drug-likeness (QED) is 0.493. The number of hydrogen-bond donors (Lipinski definition) is 1. The maximum atomic E-state index is 13.0. The number of anilines is 1. The molecule has 2 aromatic carbocycles. The van der Waals surface area contributed by atoms with E-state index in [-0.39, 0.29) is 24.2 Å². The monoisotopic (exact) mass is 521 g/mol. The average molecular weight is 522 g/mol. The van der Waals surface area contributed by atoms with Crippen LogP contribution in [-0.2, 0) is 4.74 Å². The van der Waals surface area contributed by atoms with Crippen LogP contribution in [0.1, 0.15) is 63.1 Å². The molecule has 3 atom stereocenters. The number of nitrogens with one attached hydrogen (secondary N) is 1. The van der Waals surface area contributed by atoms with Crippen molar-refractivity contribution in [2.24, 2.45) is 0 Å². The van der Waals surface area contributed by atoms with Gasteiger partial charge in [-0.2, -0.15) is 0 Å². The van der Waals surface area contributed by atoms with Crippen LogP contribution in [0.25, 0.3) is 5.57 Å². The predicted octanol–water partition coefficient (Wildman–Crippen LogP) is 6.60. The first-order valence-corrected chi connectivity index (χ1v) is 12.8. The molecule has 1 saturated heterocycles. The van der Waals surface area contributed by atoms with Crippen LogP contribution in [0.3, 0.4) is 0 Å². The van der Waals surface area contributed by atoms with Crippen molar-refractivity contribution in [1.82, 2.24) is 10.2 Å². The molecule has 1 aliphatic carbocycles. The maximum absolute atomic E-state index is 13.0. The molecule has 2 heterocycles. The second kappa shape index (κ2) is 8.81. The zero-order chi connectivity index (χ0) is 24.0. The van der Waals surface area contributed by atoms with E-state index in [1.165, 1.54) is 22.3 Å². The van der Waals surface area contributed by atoms with Crippen molar-refractivity contribution in [1.29, 1.82) is 0 Å². The van der Waals surface area contributed by atoms with Gasteiger partial charge in [-0.25, -0.2) is 4.79 Å². The molecule has 5 nitrogen and oxygen atoms in total. The van der Waals surface area contributed by atoms with Crippen LogP contribution in [0.15, 0.2) is 65.4 Å². The largest absolute Gasteiger partial charge is 0.444 e. The normalized spacial score (nSPS) is 23.7. The second-order valence-corrected chi connectivity index (χ2v) is 11.2. The van der Waals surface area contributed by atoms with Crippen molar-refractivity contribution in [3.8, 4) is 0 Å². The number of para-hydroxylation sites is 1. The molecule has 34 heavy (non-hydrogen) atoms. The summed E-state index contributed by atoms with van der Waals surface area (Å²) in [5.74, 6) is 0.184. The van der Waals surface area contributed by atoms with Crippen LogP contribution in [0.2, 0.25) is 0 Å². The minimum Gasteiger partial charge on any atom is -0.444 e. The Hall–Kier alpha value is -2.73. The molecule has 0 spiro atoms. The summed E-state index contributed by atoms with van der Waals surface area (Å²) in [7, 11) is 0. The van der Waals surface area contributed by atoms with E-state index in [9.17, 15) is 4.79 Å². The number of allylic oxidation sites excluding steroid dienone is 2. The van der Waals surface area contributed by atoms with Crippen LogP contribution in [0, 0.1) is 0 Å². The van der Waals surface area contributed by atoms with Crippen LogP contribution >= 0.6 is 15.9 Å². The van der Waals surface area contributed by atoms with E-state index < -0.39 is 5.60 Å². The molecule has 2 aromatic rings. The Morgan fingerprint density at radius 2 is 1.88 bits per heavy atom. The Labute approximate surface area is 210 Å². The highest BCUT2D eigenvalue weighted by molar-refractivity contribution is 9.10. The number of benzene rings is 2. The van der Waals surface area contributed by atoms with E-state index in [0.29, 0.717) is 0 Å². The summed E-state index contributed by atoms with van der Waals surface area (Å²) >= 11 is 3.75. The zero-order valence-corrected chi connectivity index (χ0v) is 21.8. The highest BCUT2D eigenvalue weighted by Crippen LogP contribution is 2.46. The lowest BCUT2D eigenvalue weighted by Gasteiger charge is -2.37. The summed E-state index contributed by atoms with van der Waals surface area (Å²) in [5.41, 5.74) is 5.82. The van der Waals surface area contributed by atoms with Gasteiger partial charge in [0.25, 0.3) is 0 Å². The first kappa shape index (κ1) is 23.0. The van der Waals surface area contributed by atoms with Crippen molar-refractivity contribution >= 4 is 33.3 Å². The molecular formula is C28H32BrN3O2. The lowest BCUT2D eigenvalue weighted by Crippen LogP contribution is -2.53. The number of rotatable bonds is 3. The second-order valence-electron chi connectivity index (χ2n) is 10.3. The van der Waals surface area contributed by atoms with Gasteiger partial charge in [0.05, 0.1) is 6.04 Å². The Bertz CT molecular complexity index is 1170. The maximum Gasteiger partial charge on any atom is 0.410 e. The van der Waals surface area contributed by atoms with Gasteiger partial charge in [0.2, 0.25) is 0 Å². The molecule has 1 N–H and O–H groups in total. The molecule has 0 saturated carbocycles. The topological polar surface area (TPSA) is 44.8 Å². The number of nitrogens with zero attached hydrogens (tertiary/aromatic N) is 2. The fraction of sp³-hybridized carbons (Fsp3) is 0.393. The van der Waals surface area contributed by atoms with Gasteiger partial charge in [-0.05, 0) is 74.9 Å². The number of halogens is 1. The SMILES string of the molecule is CC1=CC(c2ccccc2N2C=CNC2C2CCCN2C(=O)OC(C)(C)C)c2cccc(Br)c21. The fourth-order valence-electron chi connectivity index (χ4n) is 5.47. The molecule has 3 aliphatic rings. The zero-order valence-electron chi connectivity index (χ0n) is 20.2. The standard InChI is InChI=1S/C28H32BrN3O2/c1-18-17-21(20-10-7-11-22(29)25(18)20)19-9-5-6-12-23(19)31-16-14-30-26(31)24-13-8-15-32(24)27(33)34-28(2,3)4/h5-7,9-12,14,16-17,21,24,26,30H,8,13,15H2,1-4H3. The van der Waals surface area contributed by atoms with E-state index >= 15 is 0 Å². The molecule has 1 fully saturated rings. The van der Waals surface area contributed by atoms with Gasteiger partial charge in [-0.3, -0.25) is 0 Å². The first-order valence-electron chi connectivity index (χ1n) is 12.0. The molecule has 3 unspecified atom stereocenters. The highest BCUT2D eigenvalue weighted by atomic mass is 79.9. The third-order valence-corrected chi connectivity index (χ3v) is 7.50. The molecule has 2 aliphatic heterocycles. The number of carbonyl (C=O) groups is 1. The van der Waals surface area contributed by atoms with Gasteiger partial charge in [-0.1, -0.05) is 52.3 Å². The third kappa shape index (κ3) is 4.13. The number of hydrogen-bond acceptors (Lipinski definition) is 4. The van der Waals surface area contributed by atoms with Gasteiger partial charge < -0.3 is 19.9 Å². The van der Waals surface area contributed by atoms with E-state index in [4.69, 9.17) is 4.74 Å². The molecule has 1 amide bonds. The minimum atomic E-state index is -0.508. The molecule has 0 bridgehead atoms. The number of ether oxygens (including phenoxy) is 1. The van der Waals surface area contributed by atoms with E-state index in [2.05, 4.69) is 87.8 Å². The lowest BCUT2D eigenvalue weighted by atomic mass is 9.91. The smallest absolute Gasteiger partial charge is 0.410 e. The van der Waals surface area contributed by atoms with Crippen molar-refractivity contribution in [3.05, 3.63) is 82.1 Å². The van der Waals surface area contributed by atoms with Crippen molar-refractivity contribution in [2.45, 2.75) is 64.3 Å². The van der Waals surface area contributed by atoms with Crippen molar-refractivity contribution < 1.29 is 9.53 Å². The van der Waals surface area contributed by atoms with E-state index in [1.807, 2.05) is 31.9 Å². The van der Waals surface area contributed by atoms with Crippen LogP contribution in [-0.4, -0.2) is 35.3 Å². The first-order chi connectivity index (χ1) is 16.2. The van der Waals surface area contributed by atoms with Gasteiger partial charge in [0.1, 0.15) is 11.8 Å². The fourth-order valence-corrected chi connectivity index (χ4v) is 6.17. The van der Waals surface area contributed by atoms with Crippen molar-refractivity contribution in [2.75, 3.05) is 11.4 Å². The van der Waals surface area contributed by atoms with Crippen LogP contribution in [0.4, 0.5) is 10.5 Å². The molecule has 178 valence electrons. The van der Waals surface area contributed by atoms with E-state index in [1.54, 1.807) is 0 Å². The Morgan fingerprint density at radius 3 is 2.68 bits per heavy atom. The summed E-state index contributed by atoms with van der Waals surface area (Å²) in [6.45, 7) is 8.66. The Morgan fingerprint density at radius 1 is 1.12 bits per heavy atom. The molecule has 0 radical (unpaired) electrons. The minimum absolute atomic E-state index is 0.0280. The van der Waals surface area contributed by atoms with Gasteiger partial charge in [-0.15, -0.1) is 0 Å². The highest BCUT2D eigenvalue weighted by Gasteiger charge is 2.41. The molecule has 6 heteroatoms.